The monoisotopic (exact) mass is 313 g/mol. The van der Waals surface area contributed by atoms with Gasteiger partial charge < -0.3 is 5.32 Å². The molecule has 0 fully saturated rings. The molecule has 110 valence electrons. The standard InChI is InChI=1S/C15H11ClF3NO/c1-9-3-2-4-10(7-9)14(21)20-13-8-11(15(17,18)19)5-6-12(13)16/h2-8H,1H3,(H,20,21). The van der Waals surface area contributed by atoms with Gasteiger partial charge in [0.05, 0.1) is 16.3 Å². The quantitative estimate of drug-likeness (QED) is 0.837. The van der Waals surface area contributed by atoms with Crippen LogP contribution in [0.15, 0.2) is 42.5 Å². The van der Waals surface area contributed by atoms with Gasteiger partial charge in [-0.25, -0.2) is 0 Å². The molecule has 0 saturated carbocycles. The lowest BCUT2D eigenvalue weighted by Gasteiger charge is -2.12. The van der Waals surface area contributed by atoms with Gasteiger partial charge in [-0.05, 0) is 37.3 Å². The fourth-order valence-corrected chi connectivity index (χ4v) is 1.94. The summed E-state index contributed by atoms with van der Waals surface area (Å²) in [5.74, 6) is -0.514. The summed E-state index contributed by atoms with van der Waals surface area (Å²) in [6, 6.07) is 9.50. The van der Waals surface area contributed by atoms with E-state index in [2.05, 4.69) is 5.32 Å². The molecule has 0 bridgehead atoms. The molecule has 1 N–H and O–H groups in total. The van der Waals surface area contributed by atoms with E-state index in [4.69, 9.17) is 11.6 Å². The van der Waals surface area contributed by atoms with E-state index in [9.17, 15) is 18.0 Å². The molecule has 2 aromatic rings. The van der Waals surface area contributed by atoms with E-state index in [1.807, 2.05) is 13.0 Å². The normalized spacial score (nSPS) is 11.3. The molecule has 21 heavy (non-hydrogen) atoms. The molecule has 0 heterocycles. The molecule has 6 heteroatoms. The molecule has 0 aliphatic rings. The van der Waals surface area contributed by atoms with Gasteiger partial charge in [-0.2, -0.15) is 13.2 Å². The number of amides is 1. The smallest absolute Gasteiger partial charge is 0.321 e. The van der Waals surface area contributed by atoms with Crippen LogP contribution in [-0.2, 0) is 6.18 Å². The summed E-state index contributed by atoms with van der Waals surface area (Å²) in [5.41, 5.74) is 0.283. The van der Waals surface area contributed by atoms with Crippen molar-refractivity contribution in [2.75, 3.05) is 5.32 Å². The Morgan fingerprint density at radius 2 is 1.86 bits per heavy atom. The molecule has 0 unspecified atom stereocenters. The van der Waals surface area contributed by atoms with Crippen molar-refractivity contribution in [1.29, 1.82) is 0 Å². The third-order valence-corrected chi connectivity index (χ3v) is 3.15. The van der Waals surface area contributed by atoms with Crippen LogP contribution in [0.3, 0.4) is 0 Å². The van der Waals surface area contributed by atoms with E-state index in [-0.39, 0.29) is 10.7 Å². The number of hydrogen-bond donors (Lipinski definition) is 1. The van der Waals surface area contributed by atoms with E-state index in [0.717, 1.165) is 23.8 Å². The Bertz CT molecular complexity index is 683. The van der Waals surface area contributed by atoms with E-state index < -0.39 is 17.6 Å². The van der Waals surface area contributed by atoms with Crippen LogP contribution in [0.4, 0.5) is 18.9 Å². The maximum atomic E-state index is 12.7. The first-order valence-corrected chi connectivity index (χ1v) is 6.40. The summed E-state index contributed by atoms with van der Waals surface area (Å²) in [6.07, 6.45) is -4.49. The third-order valence-electron chi connectivity index (χ3n) is 2.82. The van der Waals surface area contributed by atoms with Crippen molar-refractivity contribution in [3.8, 4) is 0 Å². The van der Waals surface area contributed by atoms with Gasteiger partial charge in [0.25, 0.3) is 5.91 Å². The minimum absolute atomic E-state index is 0.0454. The maximum Gasteiger partial charge on any atom is 0.416 e. The van der Waals surface area contributed by atoms with Crippen LogP contribution < -0.4 is 5.32 Å². The molecular formula is C15H11ClF3NO. The Hall–Kier alpha value is -2.01. The number of hydrogen-bond acceptors (Lipinski definition) is 1. The molecule has 0 spiro atoms. The molecule has 1 amide bonds. The molecule has 2 nitrogen and oxygen atoms in total. The van der Waals surface area contributed by atoms with Crippen LogP contribution in [0, 0.1) is 6.92 Å². The lowest BCUT2D eigenvalue weighted by Crippen LogP contribution is -2.13. The van der Waals surface area contributed by atoms with E-state index >= 15 is 0 Å². The SMILES string of the molecule is Cc1cccc(C(=O)Nc2cc(C(F)(F)F)ccc2Cl)c1. The Morgan fingerprint density at radius 1 is 1.14 bits per heavy atom. The van der Waals surface area contributed by atoms with Gasteiger partial charge >= 0.3 is 6.18 Å². The number of halogens is 4. The molecule has 0 radical (unpaired) electrons. The summed E-state index contributed by atoms with van der Waals surface area (Å²) in [7, 11) is 0. The average molecular weight is 314 g/mol. The van der Waals surface area contributed by atoms with Crippen LogP contribution in [0.1, 0.15) is 21.5 Å². The first-order chi connectivity index (χ1) is 9.77. The lowest BCUT2D eigenvalue weighted by atomic mass is 10.1. The molecule has 0 aromatic heterocycles. The van der Waals surface area contributed by atoms with Gasteiger partial charge in [0.15, 0.2) is 0 Å². The van der Waals surface area contributed by atoms with Crippen LogP contribution in [0.25, 0.3) is 0 Å². The van der Waals surface area contributed by atoms with E-state index in [1.165, 1.54) is 0 Å². The summed E-state index contributed by atoms with van der Waals surface area (Å²) in [5, 5.41) is 2.44. The Kier molecular flexibility index (Phi) is 4.23. The number of carbonyl (C=O) groups is 1. The Morgan fingerprint density at radius 3 is 2.48 bits per heavy atom. The molecule has 0 atom stereocenters. The van der Waals surface area contributed by atoms with Crippen molar-refractivity contribution in [3.05, 3.63) is 64.2 Å². The van der Waals surface area contributed by atoms with Crippen LogP contribution in [-0.4, -0.2) is 5.91 Å². The van der Waals surface area contributed by atoms with Crippen molar-refractivity contribution in [1.82, 2.24) is 0 Å². The van der Waals surface area contributed by atoms with E-state index in [0.29, 0.717) is 5.56 Å². The molecule has 0 aliphatic carbocycles. The van der Waals surface area contributed by atoms with Gasteiger partial charge in [0.2, 0.25) is 0 Å². The molecule has 2 rings (SSSR count). The van der Waals surface area contributed by atoms with Gasteiger partial charge in [-0.3, -0.25) is 4.79 Å². The summed E-state index contributed by atoms with van der Waals surface area (Å²) in [4.78, 5) is 12.0. The topological polar surface area (TPSA) is 29.1 Å². The number of carbonyl (C=O) groups excluding carboxylic acids is 1. The first-order valence-electron chi connectivity index (χ1n) is 6.02. The molecule has 2 aromatic carbocycles. The maximum absolute atomic E-state index is 12.7. The minimum atomic E-state index is -4.49. The van der Waals surface area contributed by atoms with Crippen molar-refractivity contribution in [2.24, 2.45) is 0 Å². The number of aryl methyl sites for hydroxylation is 1. The van der Waals surface area contributed by atoms with E-state index in [1.54, 1.807) is 18.2 Å². The van der Waals surface area contributed by atoms with Crippen molar-refractivity contribution >= 4 is 23.2 Å². The molecule has 0 aliphatic heterocycles. The summed E-state index contributed by atoms with van der Waals surface area (Å²) >= 11 is 5.83. The lowest BCUT2D eigenvalue weighted by molar-refractivity contribution is -0.137. The number of anilines is 1. The molecular weight excluding hydrogens is 303 g/mol. The summed E-state index contributed by atoms with van der Waals surface area (Å²) in [6.45, 7) is 1.81. The van der Waals surface area contributed by atoms with Crippen molar-refractivity contribution < 1.29 is 18.0 Å². The Labute approximate surface area is 124 Å². The number of alkyl halides is 3. The minimum Gasteiger partial charge on any atom is -0.321 e. The second kappa shape index (κ2) is 5.77. The van der Waals surface area contributed by atoms with Crippen LogP contribution in [0.2, 0.25) is 5.02 Å². The fourth-order valence-electron chi connectivity index (χ4n) is 1.78. The van der Waals surface area contributed by atoms with Crippen molar-refractivity contribution in [3.63, 3.8) is 0 Å². The first kappa shape index (κ1) is 15.4. The number of benzene rings is 2. The predicted octanol–water partition coefficient (Wildman–Crippen LogP) is 4.92. The Balaban J connectivity index is 2.29. The highest BCUT2D eigenvalue weighted by atomic mass is 35.5. The largest absolute Gasteiger partial charge is 0.416 e. The highest BCUT2D eigenvalue weighted by molar-refractivity contribution is 6.34. The number of nitrogens with one attached hydrogen (secondary N) is 1. The van der Waals surface area contributed by atoms with Gasteiger partial charge in [0.1, 0.15) is 0 Å². The fraction of sp³-hybridized carbons (Fsp3) is 0.133. The van der Waals surface area contributed by atoms with Crippen molar-refractivity contribution in [2.45, 2.75) is 13.1 Å². The predicted molar refractivity (Wildman–Crippen MR) is 75.6 cm³/mol. The zero-order valence-corrected chi connectivity index (χ0v) is 11.7. The van der Waals surface area contributed by atoms with Gasteiger partial charge in [0, 0.05) is 5.56 Å². The van der Waals surface area contributed by atoms with Crippen LogP contribution >= 0.6 is 11.6 Å². The highest BCUT2D eigenvalue weighted by Gasteiger charge is 2.31. The van der Waals surface area contributed by atoms with Crippen LogP contribution in [0.5, 0.6) is 0 Å². The van der Waals surface area contributed by atoms with Gasteiger partial charge in [-0.15, -0.1) is 0 Å². The second-order valence-corrected chi connectivity index (χ2v) is 4.92. The molecule has 0 saturated heterocycles. The summed E-state index contributed by atoms with van der Waals surface area (Å²) < 4.78 is 38.0. The third kappa shape index (κ3) is 3.76. The average Bonchev–Trinajstić information content (AvgIpc) is 2.40. The second-order valence-electron chi connectivity index (χ2n) is 4.52. The zero-order chi connectivity index (χ0) is 15.6. The number of rotatable bonds is 2. The van der Waals surface area contributed by atoms with Gasteiger partial charge in [-0.1, -0.05) is 29.3 Å². The highest BCUT2D eigenvalue weighted by Crippen LogP contribution is 2.33. The zero-order valence-electron chi connectivity index (χ0n) is 11.0.